The third-order valence-electron chi connectivity index (χ3n) is 2.77. The first kappa shape index (κ1) is 14.2. The lowest BCUT2D eigenvalue weighted by Crippen LogP contribution is -2.02. The van der Waals surface area contributed by atoms with Gasteiger partial charge in [0.2, 0.25) is 0 Å². The van der Waals surface area contributed by atoms with E-state index in [-0.39, 0.29) is 5.78 Å². The van der Waals surface area contributed by atoms with E-state index < -0.39 is 0 Å². The number of rotatable bonds is 4. The van der Waals surface area contributed by atoms with Crippen LogP contribution in [0.3, 0.4) is 0 Å². The van der Waals surface area contributed by atoms with Gasteiger partial charge >= 0.3 is 0 Å². The van der Waals surface area contributed by atoms with Gasteiger partial charge in [0, 0.05) is 20.5 Å². The number of thioether (sulfide) groups is 1. The van der Waals surface area contributed by atoms with Gasteiger partial charge in [-0.3, -0.25) is 4.79 Å². The van der Waals surface area contributed by atoms with E-state index in [0.29, 0.717) is 11.1 Å². The smallest absolute Gasteiger partial charge is 0.194 e. The number of halogens is 1. The highest BCUT2D eigenvalue weighted by molar-refractivity contribution is 9.10. The Balaban J connectivity index is 2.32. The van der Waals surface area contributed by atoms with Gasteiger partial charge in [0.15, 0.2) is 5.78 Å². The maximum atomic E-state index is 12.4. The maximum absolute atomic E-state index is 12.4. The molecule has 0 atom stereocenters. The van der Waals surface area contributed by atoms with Crippen molar-refractivity contribution in [3.05, 3.63) is 58.1 Å². The Morgan fingerprint density at radius 2 is 1.84 bits per heavy atom. The van der Waals surface area contributed by atoms with Crippen molar-refractivity contribution in [1.29, 1.82) is 0 Å². The lowest BCUT2D eigenvalue weighted by Gasteiger charge is -2.06. The molecular weight excluding hydrogens is 324 g/mol. The first-order chi connectivity index (χ1) is 9.15. The summed E-state index contributed by atoms with van der Waals surface area (Å²) in [5.41, 5.74) is 1.32. The van der Waals surface area contributed by atoms with Crippen molar-refractivity contribution in [1.82, 2.24) is 0 Å². The molecule has 0 aromatic heterocycles. The summed E-state index contributed by atoms with van der Waals surface area (Å²) in [6, 6.07) is 13.0. The van der Waals surface area contributed by atoms with Crippen LogP contribution in [-0.4, -0.2) is 19.1 Å². The minimum absolute atomic E-state index is 0.00202. The lowest BCUT2D eigenvalue weighted by molar-refractivity contribution is 0.103. The van der Waals surface area contributed by atoms with E-state index in [0.717, 1.165) is 15.1 Å². The van der Waals surface area contributed by atoms with Crippen molar-refractivity contribution in [3.63, 3.8) is 0 Å². The molecule has 0 bridgehead atoms. The molecule has 0 fully saturated rings. The molecule has 0 saturated carbocycles. The number of benzene rings is 2. The van der Waals surface area contributed by atoms with E-state index in [9.17, 15) is 4.79 Å². The molecule has 19 heavy (non-hydrogen) atoms. The molecular formula is C15H13BrO2S. The summed E-state index contributed by atoms with van der Waals surface area (Å²) >= 11 is 5.07. The van der Waals surface area contributed by atoms with Crippen molar-refractivity contribution in [3.8, 4) is 5.75 Å². The number of ketones is 1. The van der Waals surface area contributed by atoms with Crippen molar-refractivity contribution in [2.24, 2.45) is 0 Å². The summed E-state index contributed by atoms with van der Waals surface area (Å²) < 4.78 is 5.86. The molecule has 4 heteroatoms. The average Bonchev–Trinajstić information content (AvgIpc) is 2.46. The molecule has 0 aliphatic rings. The summed E-state index contributed by atoms with van der Waals surface area (Å²) in [6.07, 6.45) is 2.01. The van der Waals surface area contributed by atoms with Crippen molar-refractivity contribution >= 4 is 33.5 Å². The molecule has 0 N–H and O–H groups in total. The first-order valence-electron chi connectivity index (χ1n) is 5.68. The summed E-state index contributed by atoms with van der Waals surface area (Å²) in [7, 11) is 1.60. The zero-order valence-corrected chi connectivity index (χ0v) is 13.0. The van der Waals surface area contributed by atoms with Gasteiger partial charge in [-0.15, -0.1) is 11.8 Å². The van der Waals surface area contributed by atoms with Crippen LogP contribution >= 0.6 is 27.7 Å². The van der Waals surface area contributed by atoms with E-state index >= 15 is 0 Å². The van der Waals surface area contributed by atoms with Gasteiger partial charge in [0.05, 0.1) is 7.11 Å². The Labute approximate surface area is 125 Å². The zero-order valence-electron chi connectivity index (χ0n) is 10.6. The number of ether oxygens (including phenoxy) is 1. The van der Waals surface area contributed by atoms with Gasteiger partial charge in [-0.05, 0) is 64.7 Å². The summed E-state index contributed by atoms with van der Waals surface area (Å²) in [4.78, 5) is 13.5. The van der Waals surface area contributed by atoms with Gasteiger partial charge in [-0.2, -0.15) is 0 Å². The molecule has 2 aromatic rings. The van der Waals surface area contributed by atoms with Crippen LogP contribution < -0.4 is 4.74 Å². The third kappa shape index (κ3) is 3.19. The van der Waals surface area contributed by atoms with Crippen LogP contribution in [0.4, 0.5) is 0 Å². The van der Waals surface area contributed by atoms with Crippen LogP contribution in [0.15, 0.2) is 51.8 Å². The molecule has 0 aliphatic heterocycles. The van der Waals surface area contributed by atoms with Crippen molar-refractivity contribution in [2.45, 2.75) is 4.90 Å². The van der Waals surface area contributed by atoms with Crippen LogP contribution in [-0.2, 0) is 0 Å². The molecule has 0 amide bonds. The average molecular weight is 337 g/mol. The fourth-order valence-electron chi connectivity index (χ4n) is 1.70. The number of hydrogen-bond acceptors (Lipinski definition) is 3. The molecule has 0 unspecified atom stereocenters. The van der Waals surface area contributed by atoms with Gasteiger partial charge in [-0.1, -0.05) is 0 Å². The van der Waals surface area contributed by atoms with Crippen molar-refractivity contribution < 1.29 is 9.53 Å². The highest BCUT2D eigenvalue weighted by atomic mass is 79.9. The molecule has 2 rings (SSSR count). The SMILES string of the molecule is COc1ccc(C(=O)c2ccc(SC)cc2)c(Br)c1. The predicted octanol–water partition coefficient (Wildman–Crippen LogP) is 4.41. The summed E-state index contributed by atoms with van der Waals surface area (Å²) in [6.45, 7) is 0. The van der Waals surface area contributed by atoms with Crippen molar-refractivity contribution in [2.75, 3.05) is 13.4 Å². The number of carbonyl (C=O) groups excluding carboxylic acids is 1. The van der Waals surface area contributed by atoms with E-state index in [1.54, 1.807) is 37.1 Å². The van der Waals surface area contributed by atoms with Crippen LogP contribution in [0.25, 0.3) is 0 Å². The predicted molar refractivity (Wildman–Crippen MR) is 82.3 cm³/mol. The number of carbonyl (C=O) groups is 1. The molecule has 0 heterocycles. The second-order valence-electron chi connectivity index (χ2n) is 3.90. The Bertz CT molecular complexity index is 594. The van der Waals surface area contributed by atoms with Crippen LogP contribution in [0.5, 0.6) is 5.75 Å². The lowest BCUT2D eigenvalue weighted by atomic mass is 10.0. The van der Waals surface area contributed by atoms with Gasteiger partial charge in [-0.25, -0.2) is 0 Å². The van der Waals surface area contributed by atoms with Gasteiger partial charge in [0.1, 0.15) is 5.75 Å². The summed E-state index contributed by atoms with van der Waals surface area (Å²) in [5.74, 6) is 0.725. The second kappa shape index (κ2) is 6.26. The van der Waals surface area contributed by atoms with E-state index in [1.165, 1.54) is 0 Å². The molecule has 0 spiro atoms. The molecule has 0 radical (unpaired) electrons. The molecule has 2 nitrogen and oxygen atoms in total. The molecule has 98 valence electrons. The highest BCUT2D eigenvalue weighted by Gasteiger charge is 2.13. The Hall–Kier alpha value is -1.26. The quantitative estimate of drug-likeness (QED) is 0.611. The Kier molecular flexibility index (Phi) is 4.66. The topological polar surface area (TPSA) is 26.3 Å². The van der Waals surface area contributed by atoms with Crippen LogP contribution in [0, 0.1) is 0 Å². The second-order valence-corrected chi connectivity index (χ2v) is 5.64. The molecule has 2 aromatic carbocycles. The summed E-state index contributed by atoms with van der Waals surface area (Å²) in [5, 5.41) is 0. The monoisotopic (exact) mass is 336 g/mol. The number of hydrogen-bond donors (Lipinski definition) is 0. The third-order valence-corrected chi connectivity index (χ3v) is 4.17. The maximum Gasteiger partial charge on any atom is 0.194 e. The number of methoxy groups -OCH3 is 1. The fourth-order valence-corrected chi connectivity index (χ4v) is 2.65. The normalized spacial score (nSPS) is 10.3. The van der Waals surface area contributed by atoms with Crippen LogP contribution in [0.2, 0.25) is 0 Å². The minimum Gasteiger partial charge on any atom is -0.497 e. The van der Waals surface area contributed by atoms with Gasteiger partial charge < -0.3 is 4.74 Å². The Morgan fingerprint density at radius 1 is 1.16 bits per heavy atom. The van der Waals surface area contributed by atoms with E-state index in [2.05, 4.69) is 15.9 Å². The molecule has 0 aliphatic carbocycles. The first-order valence-corrected chi connectivity index (χ1v) is 7.69. The van der Waals surface area contributed by atoms with Gasteiger partial charge in [0.25, 0.3) is 0 Å². The zero-order chi connectivity index (χ0) is 13.8. The highest BCUT2D eigenvalue weighted by Crippen LogP contribution is 2.25. The minimum atomic E-state index is 0.00202. The van der Waals surface area contributed by atoms with Crippen LogP contribution in [0.1, 0.15) is 15.9 Å². The standard InChI is InChI=1S/C15H13BrO2S/c1-18-11-5-8-13(14(16)9-11)15(17)10-3-6-12(19-2)7-4-10/h3-9H,1-2H3. The largest absolute Gasteiger partial charge is 0.497 e. The Morgan fingerprint density at radius 3 is 2.37 bits per heavy atom. The van der Waals surface area contributed by atoms with E-state index in [1.807, 2.05) is 30.5 Å². The molecule has 0 saturated heterocycles. The van der Waals surface area contributed by atoms with E-state index in [4.69, 9.17) is 4.74 Å². The fraction of sp³-hybridized carbons (Fsp3) is 0.133.